The molecule has 0 aromatic heterocycles. The molecule has 11 heteroatoms. The van der Waals surface area contributed by atoms with Crippen LogP contribution in [0.5, 0.6) is 0 Å². The van der Waals surface area contributed by atoms with Gasteiger partial charge in [0.25, 0.3) is 0 Å². The van der Waals surface area contributed by atoms with Crippen molar-refractivity contribution in [1.29, 1.82) is 0 Å². The fourth-order valence-electron chi connectivity index (χ4n) is 3.02. The maximum absolute atomic E-state index is 12.6. The van der Waals surface area contributed by atoms with Gasteiger partial charge in [-0.15, -0.1) is 0 Å². The minimum Gasteiger partial charge on any atom is -0.480 e. The maximum atomic E-state index is 12.6. The van der Waals surface area contributed by atoms with E-state index in [9.17, 15) is 29.1 Å². The largest absolute Gasteiger partial charge is 0.480 e. The number of primary amides is 1. The molecule has 4 unspecified atom stereocenters. The second kappa shape index (κ2) is 13.2. The minimum atomic E-state index is -1.35. The Morgan fingerprint density at radius 1 is 0.879 bits per heavy atom. The summed E-state index contributed by atoms with van der Waals surface area (Å²) >= 11 is 0. The van der Waals surface area contributed by atoms with Gasteiger partial charge < -0.3 is 32.5 Å². The van der Waals surface area contributed by atoms with Crippen molar-refractivity contribution in [3.05, 3.63) is 35.9 Å². The zero-order valence-corrected chi connectivity index (χ0v) is 19.0. The van der Waals surface area contributed by atoms with E-state index in [0.29, 0.717) is 0 Å². The second-order valence-corrected chi connectivity index (χ2v) is 8.29. The molecule has 4 atom stereocenters. The fourth-order valence-corrected chi connectivity index (χ4v) is 3.02. The average Bonchev–Trinajstić information content (AvgIpc) is 2.72. The number of nitrogens with two attached hydrogens (primary N) is 2. The zero-order chi connectivity index (χ0) is 25.1. The lowest BCUT2D eigenvalue weighted by Gasteiger charge is -2.23. The fraction of sp³-hybridized carbons (Fsp3) is 0.500. The Bertz CT molecular complexity index is 845. The van der Waals surface area contributed by atoms with Crippen LogP contribution >= 0.6 is 0 Å². The first-order valence-electron chi connectivity index (χ1n) is 10.6. The number of hydrogen-bond donors (Lipinski definition) is 6. The average molecular weight is 464 g/mol. The molecule has 0 heterocycles. The van der Waals surface area contributed by atoms with Gasteiger partial charge in [-0.25, -0.2) is 4.79 Å². The molecule has 8 N–H and O–H groups in total. The normalized spacial score (nSPS) is 14.5. The molecule has 4 amide bonds. The summed E-state index contributed by atoms with van der Waals surface area (Å²) in [6.45, 7) is 4.98. The summed E-state index contributed by atoms with van der Waals surface area (Å²) in [4.78, 5) is 60.2. The summed E-state index contributed by atoms with van der Waals surface area (Å²) in [5, 5.41) is 16.4. The van der Waals surface area contributed by atoms with Crippen LogP contribution in [-0.4, -0.2) is 58.9 Å². The van der Waals surface area contributed by atoms with E-state index in [0.717, 1.165) is 5.56 Å². The lowest BCUT2D eigenvalue weighted by Crippen LogP contribution is -2.57. The summed E-state index contributed by atoms with van der Waals surface area (Å²) in [6.07, 6.45) is -0.0840. The molecule has 1 aromatic rings. The Morgan fingerprint density at radius 3 is 1.97 bits per heavy atom. The summed E-state index contributed by atoms with van der Waals surface area (Å²) in [7, 11) is 0. The summed E-state index contributed by atoms with van der Waals surface area (Å²) in [5.74, 6) is -4.23. The number of amides is 4. The first kappa shape index (κ1) is 27.6. The van der Waals surface area contributed by atoms with Crippen molar-refractivity contribution in [2.24, 2.45) is 17.4 Å². The minimum absolute atomic E-state index is 0.0200. The standard InChI is InChI=1S/C22H33N5O6/c1-12(2)9-17(22(32)33)27-19(29)13(3)25-21(31)16(11-18(24)28)26-20(30)15(23)10-14-7-5-4-6-8-14/h4-8,12-13,15-17H,9-11,23H2,1-3H3,(H2,24,28)(H,25,31)(H,26,30)(H,27,29)(H,32,33). The number of carboxylic acids is 1. The van der Waals surface area contributed by atoms with Crippen LogP contribution in [0.2, 0.25) is 0 Å². The number of carboxylic acid groups (broad SMARTS) is 1. The third kappa shape index (κ3) is 10.1. The molecule has 0 aliphatic rings. The van der Waals surface area contributed by atoms with Gasteiger partial charge in [-0.3, -0.25) is 19.2 Å². The molecule has 33 heavy (non-hydrogen) atoms. The zero-order valence-electron chi connectivity index (χ0n) is 19.0. The quantitative estimate of drug-likeness (QED) is 0.217. The number of benzene rings is 1. The predicted octanol–water partition coefficient (Wildman–Crippen LogP) is -0.963. The molecule has 0 radical (unpaired) electrons. The molecule has 11 nitrogen and oxygen atoms in total. The van der Waals surface area contributed by atoms with E-state index in [-0.39, 0.29) is 18.8 Å². The summed E-state index contributed by atoms with van der Waals surface area (Å²) in [5.41, 5.74) is 11.9. The molecule has 0 spiro atoms. The van der Waals surface area contributed by atoms with Crippen molar-refractivity contribution < 1.29 is 29.1 Å². The Balaban J connectivity index is 2.77. The molecular formula is C22H33N5O6. The highest BCUT2D eigenvalue weighted by molar-refractivity contribution is 5.96. The molecule has 1 rings (SSSR count). The molecule has 1 aromatic carbocycles. The van der Waals surface area contributed by atoms with E-state index < -0.39 is 60.2 Å². The molecule has 182 valence electrons. The van der Waals surface area contributed by atoms with Crippen molar-refractivity contribution in [2.45, 2.75) is 64.2 Å². The van der Waals surface area contributed by atoms with Crippen LogP contribution in [0.15, 0.2) is 30.3 Å². The third-order valence-electron chi connectivity index (χ3n) is 4.75. The molecule has 0 aliphatic carbocycles. The summed E-state index contributed by atoms with van der Waals surface area (Å²) < 4.78 is 0. The Kier molecular flexibility index (Phi) is 11.0. The highest BCUT2D eigenvalue weighted by Gasteiger charge is 2.29. The molecule has 0 fully saturated rings. The third-order valence-corrected chi connectivity index (χ3v) is 4.75. The van der Waals surface area contributed by atoms with Crippen LogP contribution < -0.4 is 27.4 Å². The lowest BCUT2D eigenvalue weighted by atomic mass is 10.0. The number of aliphatic carboxylic acids is 1. The topological polar surface area (TPSA) is 194 Å². The molecular weight excluding hydrogens is 430 g/mol. The van der Waals surface area contributed by atoms with Gasteiger partial charge >= 0.3 is 5.97 Å². The van der Waals surface area contributed by atoms with E-state index in [1.54, 1.807) is 24.3 Å². The van der Waals surface area contributed by atoms with Gasteiger partial charge in [0.1, 0.15) is 18.1 Å². The van der Waals surface area contributed by atoms with Crippen LogP contribution in [0.25, 0.3) is 0 Å². The van der Waals surface area contributed by atoms with Crippen LogP contribution in [0.4, 0.5) is 0 Å². The highest BCUT2D eigenvalue weighted by atomic mass is 16.4. The van der Waals surface area contributed by atoms with Gasteiger partial charge in [-0.1, -0.05) is 44.2 Å². The predicted molar refractivity (Wildman–Crippen MR) is 120 cm³/mol. The lowest BCUT2D eigenvalue weighted by molar-refractivity contribution is -0.142. The van der Waals surface area contributed by atoms with Crippen molar-refractivity contribution in [3.8, 4) is 0 Å². The van der Waals surface area contributed by atoms with E-state index in [2.05, 4.69) is 16.0 Å². The van der Waals surface area contributed by atoms with Gasteiger partial charge in [0, 0.05) is 0 Å². The van der Waals surface area contributed by atoms with Crippen molar-refractivity contribution in [1.82, 2.24) is 16.0 Å². The number of carbonyl (C=O) groups is 5. The summed E-state index contributed by atoms with van der Waals surface area (Å²) in [6, 6.07) is 4.43. The van der Waals surface area contributed by atoms with Crippen molar-refractivity contribution in [2.75, 3.05) is 0 Å². The monoisotopic (exact) mass is 463 g/mol. The first-order valence-corrected chi connectivity index (χ1v) is 10.6. The number of nitrogens with one attached hydrogen (secondary N) is 3. The molecule has 0 saturated carbocycles. The van der Waals surface area contributed by atoms with Crippen molar-refractivity contribution in [3.63, 3.8) is 0 Å². The van der Waals surface area contributed by atoms with Gasteiger partial charge in [0.15, 0.2) is 0 Å². The van der Waals surface area contributed by atoms with Crippen LogP contribution in [-0.2, 0) is 30.4 Å². The van der Waals surface area contributed by atoms with Gasteiger partial charge in [-0.05, 0) is 31.2 Å². The molecule has 0 saturated heterocycles. The smallest absolute Gasteiger partial charge is 0.326 e. The number of carbonyl (C=O) groups excluding carboxylic acids is 4. The first-order chi connectivity index (χ1) is 15.4. The van der Waals surface area contributed by atoms with Gasteiger partial charge in [0.05, 0.1) is 12.5 Å². The van der Waals surface area contributed by atoms with E-state index in [1.807, 2.05) is 19.9 Å². The highest BCUT2D eigenvalue weighted by Crippen LogP contribution is 2.06. The Morgan fingerprint density at radius 2 is 1.45 bits per heavy atom. The second-order valence-electron chi connectivity index (χ2n) is 8.29. The Labute approximate surface area is 192 Å². The van der Waals surface area contributed by atoms with Crippen LogP contribution in [0.1, 0.15) is 39.2 Å². The van der Waals surface area contributed by atoms with E-state index >= 15 is 0 Å². The van der Waals surface area contributed by atoms with Gasteiger partial charge in [0.2, 0.25) is 23.6 Å². The van der Waals surface area contributed by atoms with Crippen molar-refractivity contribution >= 4 is 29.6 Å². The van der Waals surface area contributed by atoms with Crippen LogP contribution in [0, 0.1) is 5.92 Å². The maximum Gasteiger partial charge on any atom is 0.326 e. The number of rotatable bonds is 13. The van der Waals surface area contributed by atoms with E-state index in [1.165, 1.54) is 6.92 Å². The molecule has 0 aliphatic heterocycles. The SMILES string of the molecule is CC(C)CC(NC(=O)C(C)NC(=O)C(CC(N)=O)NC(=O)C(N)Cc1ccccc1)C(=O)O. The molecule has 0 bridgehead atoms. The van der Waals surface area contributed by atoms with E-state index in [4.69, 9.17) is 11.5 Å². The number of hydrogen-bond acceptors (Lipinski definition) is 6. The van der Waals surface area contributed by atoms with Crippen LogP contribution in [0.3, 0.4) is 0 Å². The Hall–Kier alpha value is -3.47. The van der Waals surface area contributed by atoms with Gasteiger partial charge in [-0.2, -0.15) is 0 Å².